The fourth-order valence-corrected chi connectivity index (χ4v) is 3.88. The van der Waals surface area contributed by atoms with Crippen molar-refractivity contribution < 1.29 is 14.0 Å². The molecule has 1 aliphatic heterocycles. The van der Waals surface area contributed by atoms with E-state index in [1.165, 1.54) is 0 Å². The predicted octanol–water partition coefficient (Wildman–Crippen LogP) is 5.63. The Kier molecular flexibility index (Phi) is 6.76. The molecule has 0 bridgehead atoms. The number of rotatable bonds is 5. The van der Waals surface area contributed by atoms with Crippen molar-refractivity contribution in [2.24, 2.45) is 5.92 Å². The summed E-state index contributed by atoms with van der Waals surface area (Å²) >= 11 is 6.09. The van der Waals surface area contributed by atoms with Crippen molar-refractivity contribution in [3.8, 4) is 11.3 Å². The minimum absolute atomic E-state index is 0.195. The van der Waals surface area contributed by atoms with Crippen LogP contribution in [0.5, 0.6) is 0 Å². The number of nitrogens with zero attached hydrogens (tertiary/aromatic N) is 1. The number of carbonyl (C=O) groups excluding carboxylic acids is 2. The number of hydrogen-bond donors (Lipinski definition) is 1. The first-order chi connectivity index (χ1) is 15.5. The lowest BCUT2D eigenvalue weighted by atomic mass is 9.99. The molecule has 2 heterocycles. The summed E-state index contributed by atoms with van der Waals surface area (Å²) in [7, 11) is 0. The Morgan fingerprint density at radius 1 is 1.03 bits per heavy atom. The van der Waals surface area contributed by atoms with E-state index in [-0.39, 0.29) is 17.5 Å². The second-order valence-corrected chi connectivity index (χ2v) is 8.50. The van der Waals surface area contributed by atoms with Crippen molar-refractivity contribution in [1.82, 2.24) is 10.2 Å². The number of carbonyl (C=O) groups is 2. The fourth-order valence-electron chi connectivity index (χ4n) is 3.69. The Morgan fingerprint density at radius 2 is 1.78 bits per heavy atom. The van der Waals surface area contributed by atoms with Crippen LogP contribution in [0.1, 0.15) is 35.9 Å². The molecule has 0 radical (unpaired) electrons. The molecule has 1 saturated heterocycles. The highest BCUT2D eigenvalue weighted by molar-refractivity contribution is 6.30. The maximum Gasteiger partial charge on any atom is 0.270 e. The third kappa shape index (κ3) is 5.29. The fraction of sp³-hybridized carbons (Fsp3) is 0.231. The molecule has 0 atom stereocenters. The second-order valence-electron chi connectivity index (χ2n) is 8.07. The molecular formula is C26H25ClN2O3. The van der Waals surface area contributed by atoms with E-state index in [0.717, 1.165) is 18.4 Å². The highest BCUT2D eigenvalue weighted by Gasteiger charge is 2.25. The van der Waals surface area contributed by atoms with Crippen molar-refractivity contribution in [1.29, 1.82) is 0 Å². The van der Waals surface area contributed by atoms with Crippen LogP contribution in [0.25, 0.3) is 17.4 Å². The SMILES string of the molecule is CC1CCN(C(=O)/C(=C/c2ccc(-c3cccc(Cl)c3)o2)NC(=O)c2ccccc2)CC1. The van der Waals surface area contributed by atoms with Crippen LogP contribution < -0.4 is 5.32 Å². The van der Waals surface area contributed by atoms with E-state index >= 15 is 0 Å². The summed E-state index contributed by atoms with van der Waals surface area (Å²) in [5.41, 5.74) is 1.52. The van der Waals surface area contributed by atoms with Crippen LogP contribution in [-0.2, 0) is 4.79 Å². The average Bonchev–Trinajstić information content (AvgIpc) is 3.28. The van der Waals surface area contributed by atoms with Gasteiger partial charge in [0.25, 0.3) is 11.8 Å². The van der Waals surface area contributed by atoms with Gasteiger partial charge in [0.15, 0.2) is 0 Å². The molecule has 2 aromatic carbocycles. The molecule has 5 nitrogen and oxygen atoms in total. The summed E-state index contributed by atoms with van der Waals surface area (Å²) in [4.78, 5) is 27.9. The van der Waals surface area contributed by atoms with Gasteiger partial charge in [-0.1, -0.05) is 48.9 Å². The van der Waals surface area contributed by atoms with E-state index in [1.807, 2.05) is 30.3 Å². The van der Waals surface area contributed by atoms with Crippen LogP contribution in [0.2, 0.25) is 5.02 Å². The summed E-state index contributed by atoms with van der Waals surface area (Å²) < 4.78 is 5.94. The van der Waals surface area contributed by atoms with E-state index in [1.54, 1.807) is 47.4 Å². The number of piperidine rings is 1. The Bertz CT molecular complexity index is 1130. The van der Waals surface area contributed by atoms with Crippen molar-refractivity contribution in [3.05, 3.63) is 88.8 Å². The third-order valence-corrected chi connectivity index (χ3v) is 5.84. The van der Waals surface area contributed by atoms with Gasteiger partial charge >= 0.3 is 0 Å². The van der Waals surface area contributed by atoms with Crippen LogP contribution >= 0.6 is 11.6 Å². The molecule has 1 aliphatic rings. The first kappa shape index (κ1) is 21.9. The molecule has 4 rings (SSSR count). The smallest absolute Gasteiger partial charge is 0.270 e. The van der Waals surface area contributed by atoms with Crippen LogP contribution in [0.15, 0.2) is 76.8 Å². The number of nitrogens with one attached hydrogen (secondary N) is 1. The van der Waals surface area contributed by atoms with Gasteiger partial charge in [-0.05, 0) is 55.2 Å². The monoisotopic (exact) mass is 448 g/mol. The lowest BCUT2D eigenvalue weighted by Crippen LogP contribution is -2.42. The summed E-state index contributed by atoms with van der Waals surface area (Å²) in [6.45, 7) is 3.53. The van der Waals surface area contributed by atoms with Crippen molar-refractivity contribution in [3.63, 3.8) is 0 Å². The minimum atomic E-state index is -0.336. The zero-order valence-electron chi connectivity index (χ0n) is 17.9. The first-order valence-electron chi connectivity index (χ1n) is 10.7. The van der Waals surface area contributed by atoms with Crippen LogP contribution in [0, 0.1) is 5.92 Å². The van der Waals surface area contributed by atoms with Crippen molar-refractivity contribution in [2.45, 2.75) is 19.8 Å². The standard InChI is InChI=1S/C26H25ClN2O3/c1-18-12-14-29(15-13-18)26(31)23(28-25(30)19-6-3-2-4-7-19)17-22-10-11-24(32-22)20-8-5-9-21(27)16-20/h2-11,16-18H,12-15H2,1H3,(H,28,30)/b23-17-. The summed E-state index contributed by atoms with van der Waals surface area (Å²) in [5.74, 6) is 1.16. The largest absolute Gasteiger partial charge is 0.457 e. The summed E-state index contributed by atoms with van der Waals surface area (Å²) in [5, 5.41) is 3.41. The van der Waals surface area contributed by atoms with Crippen LogP contribution in [-0.4, -0.2) is 29.8 Å². The van der Waals surface area contributed by atoms with E-state index < -0.39 is 0 Å². The van der Waals surface area contributed by atoms with E-state index in [4.69, 9.17) is 16.0 Å². The van der Waals surface area contributed by atoms with Gasteiger partial charge in [-0.15, -0.1) is 0 Å². The molecule has 2 amide bonds. The molecule has 32 heavy (non-hydrogen) atoms. The van der Waals surface area contributed by atoms with Gasteiger partial charge in [0.05, 0.1) is 0 Å². The second kappa shape index (κ2) is 9.88. The number of halogens is 1. The molecule has 1 N–H and O–H groups in total. The number of likely N-dealkylation sites (tertiary alicyclic amines) is 1. The molecule has 0 saturated carbocycles. The quantitative estimate of drug-likeness (QED) is 0.514. The molecule has 1 fully saturated rings. The molecule has 0 aliphatic carbocycles. The zero-order valence-corrected chi connectivity index (χ0v) is 18.6. The number of amides is 2. The zero-order chi connectivity index (χ0) is 22.5. The maximum absolute atomic E-state index is 13.3. The lowest BCUT2D eigenvalue weighted by molar-refractivity contribution is -0.128. The highest BCUT2D eigenvalue weighted by atomic mass is 35.5. The van der Waals surface area contributed by atoms with E-state index in [9.17, 15) is 9.59 Å². The first-order valence-corrected chi connectivity index (χ1v) is 11.1. The van der Waals surface area contributed by atoms with Gasteiger partial charge < -0.3 is 14.6 Å². The lowest BCUT2D eigenvalue weighted by Gasteiger charge is -2.31. The number of hydrogen-bond acceptors (Lipinski definition) is 3. The van der Waals surface area contributed by atoms with Crippen LogP contribution in [0.3, 0.4) is 0 Å². The van der Waals surface area contributed by atoms with E-state index in [2.05, 4.69) is 12.2 Å². The maximum atomic E-state index is 13.3. The Hall–Kier alpha value is -3.31. The van der Waals surface area contributed by atoms with Crippen molar-refractivity contribution in [2.75, 3.05) is 13.1 Å². The van der Waals surface area contributed by atoms with Crippen LogP contribution in [0.4, 0.5) is 0 Å². The summed E-state index contributed by atoms with van der Waals surface area (Å²) in [6, 6.07) is 19.8. The molecule has 0 spiro atoms. The van der Waals surface area contributed by atoms with Gasteiger partial charge in [0, 0.05) is 35.3 Å². The normalized spacial score (nSPS) is 14.9. The van der Waals surface area contributed by atoms with Gasteiger partial charge in [-0.25, -0.2) is 0 Å². The van der Waals surface area contributed by atoms with E-state index in [0.29, 0.717) is 41.1 Å². The topological polar surface area (TPSA) is 62.6 Å². The molecule has 0 unspecified atom stereocenters. The van der Waals surface area contributed by atoms with Gasteiger partial charge in [0.1, 0.15) is 17.2 Å². The number of furan rings is 1. The molecule has 6 heteroatoms. The molecular weight excluding hydrogens is 424 g/mol. The molecule has 3 aromatic rings. The average molecular weight is 449 g/mol. The third-order valence-electron chi connectivity index (χ3n) is 5.61. The Labute approximate surface area is 192 Å². The minimum Gasteiger partial charge on any atom is -0.457 e. The Morgan fingerprint density at radius 3 is 2.50 bits per heavy atom. The molecule has 1 aromatic heterocycles. The van der Waals surface area contributed by atoms with Gasteiger partial charge in [-0.3, -0.25) is 9.59 Å². The van der Waals surface area contributed by atoms with Crippen molar-refractivity contribution >= 4 is 29.5 Å². The van der Waals surface area contributed by atoms with Gasteiger partial charge in [-0.2, -0.15) is 0 Å². The highest BCUT2D eigenvalue weighted by Crippen LogP contribution is 2.26. The van der Waals surface area contributed by atoms with Gasteiger partial charge in [0.2, 0.25) is 0 Å². The number of benzene rings is 2. The predicted molar refractivity (Wildman–Crippen MR) is 126 cm³/mol. The molecule has 164 valence electrons. The summed E-state index contributed by atoms with van der Waals surface area (Å²) in [6.07, 6.45) is 3.49. The Balaban J connectivity index is 1.61.